The number of nitrogens with zero attached hydrogens (tertiary/aromatic N) is 9. The molecule has 0 bridgehead atoms. The third-order valence-electron chi connectivity index (χ3n) is 14.4. The number of aryl methyl sites for hydroxylation is 1. The lowest BCUT2D eigenvalue weighted by Crippen LogP contribution is -2.54. The SMILES string of the molecule is CC(=O)N1CCc2c(c(N3CCCc4cc(-c5cc6nccn6cc5N5CCN(Cc6cccc7c6C(=O)N(C6CCC(=O)NC6=O)C7=O)CC5)c(C(F)F)cc43)nn2C2CCOCC2)C1. The summed E-state index contributed by atoms with van der Waals surface area (Å²) in [5.74, 6) is -1.44. The lowest BCUT2D eigenvalue weighted by Gasteiger charge is -2.37. The smallest absolute Gasteiger partial charge is 0.264 e. The summed E-state index contributed by atoms with van der Waals surface area (Å²) < 4.78 is 41.0. The number of hydrogen-bond acceptors (Lipinski definition) is 11. The summed E-state index contributed by atoms with van der Waals surface area (Å²) in [6.45, 7) is 7.17. The van der Waals surface area contributed by atoms with Gasteiger partial charge in [0.1, 0.15) is 11.7 Å². The zero-order valence-corrected chi connectivity index (χ0v) is 36.7. The van der Waals surface area contributed by atoms with Crippen LogP contribution in [0, 0.1) is 0 Å². The lowest BCUT2D eigenvalue weighted by molar-refractivity contribution is -0.136. The Balaban J connectivity index is 0.891. The van der Waals surface area contributed by atoms with Crippen molar-refractivity contribution in [2.24, 2.45) is 0 Å². The minimum Gasteiger partial charge on any atom is -0.381 e. The van der Waals surface area contributed by atoms with Crippen LogP contribution in [0.25, 0.3) is 16.8 Å². The van der Waals surface area contributed by atoms with Crippen LogP contribution in [0.2, 0.25) is 0 Å². The van der Waals surface area contributed by atoms with Gasteiger partial charge in [0, 0.05) is 125 Å². The maximum Gasteiger partial charge on any atom is 0.264 e. The number of pyridine rings is 1. The minimum atomic E-state index is -2.79. The van der Waals surface area contributed by atoms with Gasteiger partial charge >= 0.3 is 0 Å². The van der Waals surface area contributed by atoms with Crippen molar-refractivity contribution in [3.8, 4) is 11.1 Å². The molecule has 5 aromatic rings. The molecule has 1 N–H and O–H groups in total. The maximum atomic E-state index is 15.7. The molecule has 0 aliphatic carbocycles. The highest BCUT2D eigenvalue weighted by Gasteiger charge is 2.46. The Bertz CT molecular complexity index is 2830. The number of halogens is 2. The highest BCUT2D eigenvalue weighted by molar-refractivity contribution is 6.24. The first-order valence-corrected chi connectivity index (χ1v) is 23.0. The molecule has 66 heavy (non-hydrogen) atoms. The van der Waals surface area contributed by atoms with Crippen molar-refractivity contribution in [1.82, 2.24) is 39.2 Å². The number of imidazole rings is 1. The van der Waals surface area contributed by atoms with Crippen LogP contribution in [0.4, 0.5) is 26.0 Å². The number of carbonyl (C=O) groups is 5. The van der Waals surface area contributed by atoms with Crippen molar-refractivity contribution in [1.29, 1.82) is 0 Å². The third-order valence-corrected chi connectivity index (χ3v) is 14.4. The van der Waals surface area contributed by atoms with Gasteiger partial charge in [-0.1, -0.05) is 12.1 Å². The van der Waals surface area contributed by atoms with E-state index in [9.17, 15) is 24.0 Å². The molecular formula is C48H50F2N10O6. The number of aromatic nitrogens is 4. The van der Waals surface area contributed by atoms with Crippen molar-refractivity contribution in [2.45, 2.75) is 83.5 Å². The number of fused-ring (bicyclic) bond motifs is 4. The second-order valence-corrected chi connectivity index (χ2v) is 18.2. The third kappa shape index (κ3) is 7.21. The van der Waals surface area contributed by atoms with E-state index in [1.165, 1.54) is 0 Å². The average Bonchev–Trinajstić information content (AvgIpc) is 4.02. The molecule has 9 heterocycles. The van der Waals surface area contributed by atoms with Gasteiger partial charge in [0.05, 0.1) is 29.4 Å². The Labute approximate surface area is 379 Å². The minimum absolute atomic E-state index is 0.00521. The summed E-state index contributed by atoms with van der Waals surface area (Å²) >= 11 is 0. The zero-order chi connectivity index (χ0) is 45.4. The summed E-state index contributed by atoms with van der Waals surface area (Å²) in [4.78, 5) is 78.4. The number of carbonyl (C=O) groups excluding carboxylic acids is 5. The monoisotopic (exact) mass is 900 g/mol. The normalized spacial score (nSPS) is 20.6. The average molecular weight is 901 g/mol. The Hall–Kier alpha value is -6.53. The summed E-state index contributed by atoms with van der Waals surface area (Å²) in [5, 5.41) is 7.51. The Morgan fingerprint density at radius 3 is 2.48 bits per heavy atom. The number of alkyl halides is 2. The second-order valence-electron chi connectivity index (χ2n) is 18.2. The number of amides is 5. The van der Waals surface area contributed by atoms with E-state index in [0.717, 1.165) is 52.5 Å². The van der Waals surface area contributed by atoms with E-state index in [-0.39, 0.29) is 41.5 Å². The van der Waals surface area contributed by atoms with Gasteiger partial charge < -0.3 is 23.8 Å². The van der Waals surface area contributed by atoms with Crippen molar-refractivity contribution >= 4 is 52.4 Å². The van der Waals surface area contributed by atoms with E-state index in [0.29, 0.717) is 106 Å². The van der Waals surface area contributed by atoms with E-state index in [2.05, 4.69) is 29.7 Å². The van der Waals surface area contributed by atoms with E-state index in [1.807, 2.05) is 39.9 Å². The van der Waals surface area contributed by atoms with Crippen LogP contribution in [0.3, 0.4) is 0 Å². The molecule has 6 aliphatic heterocycles. The van der Waals surface area contributed by atoms with Crippen LogP contribution < -0.4 is 15.1 Å². The highest BCUT2D eigenvalue weighted by atomic mass is 19.3. The zero-order valence-electron chi connectivity index (χ0n) is 36.7. The molecule has 342 valence electrons. The van der Waals surface area contributed by atoms with Crippen LogP contribution in [0.15, 0.2) is 55.0 Å². The van der Waals surface area contributed by atoms with Gasteiger partial charge in [-0.2, -0.15) is 5.10 Å². The van der Waals surface area contributed by atoms with Gasteiger partial charge in [-0.15, -0.1) is 0 Å². The first-order chi connectivity index (χ1) is 32.0. The summed E-state index contributed by atoms with van der Waals surface area (Å²) in [6, 6.07) is 9.76. The van der Waals surface area contributed by atoms with Gasteiger partial charge in [-0.3, -0.25) is 43.8 Å². The molecule has 16 nitrogen and oxygen atoms in total. The fourth-order valence-corrected chi connectivity index (χ4v) is 11.0. The number of benzene rings is 2. The second kappa shape index (κ2) is 16.7. The van der Waals surface area contributed by atoms with Crippen molar-refractivity contribution < 1.29 is 37.5 Å². The van der Waals surface area contributed by atoms with Gasteiger partial charge in [0.2, 0.25) is 17.7 Å². The number of piperazine rings is 1. The van der Waals surface area contributed by atoms with Crippen LogP contribution >= 0.6 is 0 Å². The predicted octanol–water partition coefficient (Wildman–Crippen LogP) is 5.20. The van der Waals surface area contributed by atoms with E-state index in [4.69, 9.17) is 9.84 Å². The summed E-state index contributed by atoms with van der Waals surface area (Å²) in [5.41, 5.74) is 7.41. The molecule has 1 atom stereocenters. The molecule has 11 rings (SSSR count). The number of nitrogens with one attached hydrogen (secondary N) is 1. The van der Waals surface area contributed by atoms with Gasteiger partial charge in [0.25, 0.3) is 18.2 Å². The standard InChI is InChI=1S/C48H50F2N10O6/c1-28(61)56-14-9-37-36(26-56)45(53-60(37)31-10-20-66-21-11-31)58-13-3-5-29-22-33(35(44(49)50)23-39(29)58)34-24-41-51-12-15-57(41)27-40(34)55-18-16-54(17-19-55)25-30-4-2-6-32-43(30)48(65)59(47(32)64)38-7-8-42(62)52-46(38)63/h2,4,6,12,15,22-24,27,31,38,44H,3,5,7-11,13-14,16-21,25-26H2,1H3,(H,52,62,63). The molecule has 0 saturated carbocycles. The molecule has 1 unspecified atom stereocenters. The largest absolute Gasteiger partial charge is 0.381 e. The lowest BCUT2D eigenvalue weighted by atomic mass is 9.91. The Morgan fingerprint density at radius 1 is 0.894 bits per heavy atom. The molecule has 18 heteroatoms. The number of imide groups is 2. The van der Waals surface area contributed by atoms with Crippen LogP contribution in [-0.2, 0) is 45.1 Å². The summed E-state index contributed by atoms with van der Waals surface area (Å²) in [6.07, 6.45) is 6.68. The number of piperidine rings is 1. The quantitative estimate of drug-likeness (QED) is 0.204. The number of hydrogen-bond donors (Lipinski definition) is 1. The van der Waals surface area contributed by atoms with E-state index < -0.39 is 36.1 Å². The summed E-state index contributed by atoms with van der Waals surface area (Å²) in [7, 11) is 0. The maximum absolute atomic E-state index is 15.7. The van der Waals surface area contributed by atoms with Gasteiger partial charge in [-0.05, 0) is 73.1 Å². The number of ether oxygens (including phenoxy) is 1. The van der Waals surface area contributed by atoms with Crippen molar-refractivity contribution in [3.63, 3.8) is 0 Å². The molecule has 3 aromatic heterocycles. The molecule has 0 radical (unpaired) electrons. The highest BCUT2D eigenvalue weighted by Crippen LogP contribution is 2.46. The Kier molecular flexibility index (Phi) is 10.7. The molecule has 0 spiro atoms. The molecule has 3 fully saturated rings. The van der Waals surface area contributed by atoms with Crippen LogP contribution in [0.1, 0.15) is 100 Å². The topological polar surface area (TPSA) is 158 Å². The molecule has 5 amide bonds. The van der Waals surface area contributed by atoms with E-state index >= 15 is 8.78 Å². The van der Waals surface area contributed by atoms with Gasteiger partial charge in [-0.25, -0.2) is 13.8 Å². The fraction of sp³-hybridized carbons (Fsp3) is 0.438. The molecular weight excluding hydrogens is 851 g/mol. The Morgan fingerprint density at radius 2 is 1.71 bits per heavy atom. The number of rotatable bonds is 8. The molecule has 3 saturated heterocycles. The first-order valence-electron chi connectivity index (χ1n) is 23.0. The van der Waals surface area contributed by atoms with Crippen molar-refractivity contribution in [2.75, 3.05) is 62.3 Å². The molecule has 6 aliphatic rings. The van der Waals surface area contributed by atoms with Gasteiger partial charge in [0.15, 0.2) is 5.82 Å². The van der Waals surface area contributed by atoms with Crippen LogP contribution in [-0.4, -0.2) is 122 Å². The fourth-order valence-electron chi connectivity index (χ4n) is 11.0. The van der Waals surface area contributed by atoms with Crippen molar-refractivity contribution in [3.05, 3.63) is 94.1 Å². The number of anilines is 3. The first kappa shape index (κ1) is 42.1. The van der Waals surface area contributed by atoms with Crippen LogP contribution in [0.5, 0.6) is 0 Å². The van der Waals surface area contributed by atoms with E-state index in [1.54, 1.807) is 31.3 Å². The molecule has 2 aromatic carbocycles. The predicted molar refractivity (Wildman–Crippen MR) is 238 cm³/mol.